The molecule has 0 spiro atoms. The predicted molar refractivity (Wildman–Crippen MR) is 74.9 cm³/mol. The van der Waals surface area contributed by atoms with E-state index in [-0.39, 0.29) is 11.2 Å². The van der Waals surface area contributed by atoms with Crippen LogP contribution in [0.2, 0.25) is 0 Å². The standard InChI is InChI=1S/C15H25FN2/c1-5-12-7-6-8-14(16)13(12)9-18(4)11-15(2,3)10-17/h6-8H,5,9-11,17H2,1-4H3. The summed E-state index contributed by atoms with van der Waals surface area (Å²) >= 11 is 0. The molecular formula is C15H25FN2. The van der Waals surface area contributed by atoms with Crippen molar-refractivity contribution in [2.45, 2.75) is 33.7 Å². The van der Waals surface area contributed by atoms with Gasteiger partial charge in [-0.05, 0) is 37.1 Å². The summed E-state index contributed by atoms with van der Waals surface area (Å²) in [5, 5.41) is 0. The van der Waals surface area contributed by atoms with Crippen LogP contribution in [0.3, 0.4) is 0 Å². The summed E-state index contributed by atoms with van der Waals surface area (Å²) in [4.78, 5) is 2.14. The Bertz CT molecular complexity index is 388. The molecule has 0 saturated heterocycles. The van der Waals surface area contributed by atoms with Gasteiger partial charge in [0.2, 0.25) is 0 Å². The molecule has 2 N–H and O–H groups in total. The van der Waals surface area contributed by atoms with Gasteiger partial charge in [0, 0.05) is 18.7 Å². The number of hydrogen-bond acceptors (Lipinski definition) is 2. The van der Waals surface area contributed by atoms with Crippen molar-refractivity contribution in [2.75, 3.05) is 20.1 Å². The maximum Gasteiger partial charge on any atom is 0.127 e. The van der Waals surface area contributed by atoms with Crippen LogP contribution < -0.4 is 5.73 Å². The van der Waals surface area contributed by atoms with Gasteiger partial charge in [-0.1, -0.05) is 32.9 Å². The van der Waals surface area contributed by atoms with Gasteiger partial charge >= 0.3 is 0 Å². The Morgan fingerprint density at radius 3 is 2.56 bits per heavy atom. The molecule has 0 bridgehead atoms. The molecule has 0 unspecified atom stereocenters. The second-order valence-electron chi connectivity index (χ2n) is 5.77. The molecule has 0 aliphatic heterocycles. The van der Waals surface area contributed by atoms with Crippen LogP contribution in [0.5, 0.6) is 0 Å². The Labute approximate surface area is 110 Å². The van der Waals surface area contributed by atoms with Crippen LogP contribution in [0.1, 0.15) is 31.9 Å². The Balaban J connectivity index is 2.78. The lowest BCUT2D eigenvalue weighted by molar-refractivity contribution is 0.207. The first-order valence-corrected chi connectivity index (χ1v) is 6.54. The van der Waals surface area contributed by atoms with E-state index >= 15 is 0 Å². The summed E-state index contributed by atoms with van der Waals surface area (Å²) in [5.41, 5.74) is 7.70. The zero-order valence-electron chi connectivity index (χ0n) is 12.0. The summed E-state index contributed by atoms with van der Waals surface area (Å²) < 4.78 is 13.9. The maximum atomic E-state index is 13.9. The van der Waals surface area contributed by atoms with Crippen LogP contribution >= 0.6 is 0 Å². The zero-order chi connectivity index (χ0) is 13.8. The number of nitrogens with two attached hydrogens (primary N) is 1. The maximum absolute atomic E-state index is 13.9. The highest BCUT2D eigenvalue weighted by Crippen LogP contribution is 2.19. The highest BCUT2D eigenvalue weighted by molar-refractivity contribution is 5.28. The Hall–Kier alpha value is -0.930. The highest BCUT2D eigenvalue weighted by Gasteiger charge is 2.19. The first kappa shape index (κ1) is 15.1. The molecule has 0 aliphatic rings. The number of hydrogen-bond donors (Lipinski definition) is 1. The van der Waals surface area contributed by atoms with E-state index in [0.717, 1.165) is 24.1 Å². The van der Waals surface area contributed by atoms with E-state index in [1.807, 2.05) is 13.1 Å². The lowest BCUT2D eigenvalue weighted by Gasteiger charge is -2.29. The fourth-order valence-corrected chi connectivity index (χ4v) is 2.23. The fourth-order valence-electron chi connectivity index (χ4n) is 2.23. The molecular weight excluding hydrogens is 227 g/mol. The zero-order valence-corrected chi connectivity index (χ0v) is 12.0. The lowest BCUT2D eigenvalue weighted by Crippen LogP contribution is -2.36. The molecule has 18 heavy (non-hydrogen) atoms. The van der Waals surface area contributed by atoms with Crippen molar-refractivity contribution < 1.29 is 4.39 Å². The lowest BCUT2D eigenvalue weighted by atomic mass is 9.93. The minimum Gasteiger partial charge on any atom is -0.330 e. The quantitative estimate of drug-likeness (QED) is 0.843. The summed E-state index contributed by atoms with van der Waals surface area (Å²) in [7, 11) is 2.02. The third-order valence-electron chi connectivity index (χ3n) is 3.28. The first-order valence-electron chi connectivity index (χ1n) is 6.54. The number of rotatable bonds is 6. The van der Waals surface area contributed by atoms with E-state index in [4.69, 9.17) is 5.73 Å². The minimum absolute atomic E-state index is 0.0619. The minimum atomic E-state index is -0.105. The van der Waals surface area contributed by atoms with Gasteiger partial charge in [-0.15, -0.1) is 0 Å². The number of aryl methyl sites for hydroxylation is 1. The van der Waals surface area contributed by atoms with Crippen LogP contribution in [0.15, 0.2) is 18.2 Å². The Morgan fingerprint density at radius 1 is 1.33 bits per heavy atom. The molecule has 1 aromatic carbocycles. The van der Waals surface area contributed by atoms with E-state index in [1.165, 1.54) is 6.07 Å². The molecule has 0 fully saturated rings. The molecule has 3 heteroatoms. The molecule has 2 nitrogen and oxygen atoms in total. The fraction of sp³-hybridized carbons (Fsp3) is 0.600. The summed E-state index contributed by atoms with van der Waals surface area (Å²) in [6.45, 7) is 8.45. The van der Waals surface area contributed by atoms with Crippen LogP contribution in [0.25, 0.3) is 0 Å². The van der Waals surface area contributed by atoms with Gasteiger partial charge in [-0.25, -0.2) is 4.39 Å². The van der Waals surface area contributed by atoms with Crippen LogP contribution in [0, 0.1) is 11.2 Å². The number of nitrogens with zero attached hydrogens (tertiary/aromatic N) is 1. The summed E-state index contributed by atoms with van der Waals surface area (Å²) in [6, 6.07) is 5.32. The van der Waals surface area contributed by atoms with Crippen molar-refractivity contribution in [1.82, 2.24) is 4.90 Å². The second-order valence-corrected chi connectivity index (χ2v) is 5.77. The Morgan fingerprint density at radius 2 is 2.00 bits per heavy atom. The van der Waals surface area contributed by atoms with Crippen LogP contribution in [-0.2, 0) is 13.0 Å². The Kier molecular flexibility index (Phi) is 5.29. The van der Waals surface area contributed by atoms with Crippen molar-refractivity contribution in [2.24, 2.45) is 11.1 Å². The molecule has 0 atom stereocenters. The van der Waals surface area contributed by atoms with Gasteiger partial charge in [-0.2, -0.15) is 0 Å². The average molecular weight is 252 g/mol. The number of halogens is 1. The van der Waals surface area contributed by atoms with Crippen LogP contribution in [0.4, 0.5) is 4.39 Å². The smallest absolute Gasteiger partial charge is 0.127 e. The monoisotopic (exact) mass is 252 g/mol. The van der Waals surface area contributed by atoms with Gasteiger partial charge < -0.3 is 10.6 Å². The van der Waals surface area contributed by atoms with Crippen LogP contribution in [-0.4, -0.2) is 25.0 Å². The molecule has 0 heterocycles. The molecule has 0 amide bonds. The van der Waals surface area contributed by atoms with Crippen molar-refractivity contribution in [3.05, 3.63) is 35.1 Å². The summed E-state index contributed by atoms with van der Waals surface area (Å²) in [5.74, 6) is -0.105. The van der Waals surface area contributed by atoms with E-state index < -0.39 is 0 Å². The first-order chi connectivity index (χ1) is 8.39. The second kappa shape index (κ2) is 6.30. The van der Waals surface area contributed by atoms with Gasteiger partial charge in [0.25, 0.3) is 0 Å². The van der Waals surface area contributed by atoms with Crippen molar-refractivity contribution >= 4 is 0 Å². The predicted octanol–water partition coefficient (Wildman–Crippen LogP) is 2.80. The average Bonchev–Trinajstić information content (AvgIpc) is 2.31. The van der Waals surface area contributed by atoms with E-state index in [2.05, 4.69) is 25.7 Å². The highest BCUT2D eigenvalue weighted by atomic mass is 19.1. The molecule has 1 aromatic rings. The van der Waals surface area contributed by atoms with Gasteiger partial charge in [0.1, 0.15) is 5.82 Å². The molecule has 0 radical (unpaired) electrons. The van der Waals surface area contributed by atoms with E-state index in [1.54, 1.807) is 6.07 Å². The third-order valence-corrected chi connectivity index (χ3v) is 3.28. The molecule has 102 valence electrons. The van der Waals surface area contributed by atoms with Gasteiger partial charge in [-0.3, -0.25) is 0 Å². The molecule has 1 rings (SSSR count). The number of benzene rings is 1. The SMILES string of the molecule is CCc1cccc(F)c1CN(C)CC(C)(C)CN. The van der Waals surface area contributed by atoms with Gasteiger partial charge in [0.05, 0.1) is 0 Å². The molecule has 0 aliphatic carbocycles. The topological polar surface area (TPSA) is 29.3 Å². The van der Waals surface area contributed by atoms with Crippen molar-refractivity contribution in [3.63, 3.8) is 0 Å². The third kappa shape index (κ3) is 4.07. The van der Waals surface area contributed by atoms with Gasteiger partial charge in [0.15, 0.2) is 0 Å². The largest absolute Gasteiger partial charge is 0.330 e. The van der Waals surface area contributed by atoms with Crippen molar-refractivity contribution in [3.8, 4) is 0 Å². The van der Waals surface area contributed by atoms with Crippen molar-refractivity contribution in [1.29, 1.82) is 0 Å². The molecule has 0 saturated carbocycles. The normalized spacial score (nSPS) is 12.2. The molecule has 0 aromatic heterocycles. The van der Waals surface area contributed by atoms with E-state index in [9.17, 15) is 4.39 Å². The summed E-state index contributed by atoms with van der Waals surface area (Å²) in [6.07, 6.45) is 0.862. The van der Waals surface area contributed by atoms with E-state index in [0.29, 0.717) is 13.1 Å².